The van der Waals surface area contributed by atoms with Crippen LogP contribution in [0, 0.1) is 0 Å². The van der Waals surface area contributed by atoms with Crippen molar-refractivity contribution in [1.82, 2.24) is 20.8 Å². The number of aryl methyl sites for hydroxylation is 1. The molecule has 0 spiro atoms. The maximum absolute atomic E-state index is 11.9. The van der Waals surface area contributed by atoms with Gasteiger partial charge in [0, 0.05) is 31.1 Å². The van der Waals surface area contributed by atoms with E-state index < -0.39 is 11.7 Å². The van der Waals surface area contributed by atoms with Crippen LogP contribution in [0.4, 0.5) is 4.79 Å². The molecule has 1 aliphatic rings. The summed E-state index contributed by atoms with van der Waals surface area (Å²) >= 11 is 0. The Bertz CT molecular complexity index is 533. The molecular formula is C15H24N4O3. The minimum Gasteiger partial charge on any atom is -0.444 e. The van der Waals surface area contributed by atoms with Gasteiger partial charge in [0.15, 0.2) is 0 Å². The van der Waals surface area contributed by atoms with Crippen molar-refractivity contribution in [1.29, 1.82) is 0 Å². The first-order valence-corrected chi connectivity index (χ1v) is 7.61. The largest absolute Gasteiger partial charge is 0.444 e. The predicted molar refractivity (Wildman–Crippen MR) is 81.4 cm³/mol. The highest BCUT2D eigenvalue weighted by molar-refractivity contribution is 5.77. The first-order chi connectivity index (χ1) is 10.3. The molecule has 0 radical (unpaired) electrons. The summed E-state index contributed by atoms with van der Waals surface area (Å²) in [6.45, 7) is 5.66. The molecule has 1 unspecified atom stereocenters. The fourth-order valence-electron chi connectivity index (χ4n) is 2.42. The van der Waals surface area contributed by atoms with Crippen LogP contribution in [0.3, 0.4) is 0 Å². The number of hydrogen-bond acceptors (Lipinski definition) is 4. The zero-order chi connectivity index (χ0) is 16.2. The van der Waals surface area contributed by atoms with Crippen molar-refractivity contribution < 1.29 is 14.3 Å². The van der Waals surface area contributed by atoms with Crippen molar-refractivity contribution in [2.75, 3.05) is 6.54 Å². The second-order valence-corrected chi connectivity index (χ2v) is 6.56. The topological polar surface area (TPSA) is 96.1 Å². The van der Waals surface area contributed by atoms with Gasteiger partial charge in [-0.1, -0.05) is 0 Å². The van der Waals surface area contributed by atoms with Gasteiger partial charge in [-0.3, -0.25) is 9.89 Å². The number of ether oxygens (including phenoxy) is 1. The molecule has 7 heteroatoms. The summed E-state index contributed by atoms with van der Waals surface area (Å²) in [6, 6.07) is 0.127. The van der Waals surface area contributed by atoms with E-state index in [9.17, 15) is 9.59 Å². The normalized spacial score (nSPS) is 17.5. The number of carbonyl (C=O) groups is 2. The summed E-state index contributed by atoms with van der Waals surface area (Å²) in [6.07, 6.45) is 4.20. The minimum absolute atomic E-state index is 0.0657. The number of alkyl carbamates (subject to hydrolysis) is 1. The highest BCUT2D eigenvalue weighted by Gasteiger charge is 2.21. The number of nitrogens with zero attached hydrogens (tertiary/aromatic N) is 1. The van der Waals surface area contributed by atoms with Crippen molar-refractivity contribution in [2.24, 2.45) is 0 Å². The molecule has 1 heterocycles. The maximum atomic E-state index is 11.9. The Morgan fingerprint density at radius 1 is 1.45 bits per heavy atom. The molecule has 0 aromatic carbocycles. The van der Waals surface area contributed by atoms with E-state index in [4.69, 9.17) is 4.74 Å². The molecule has 0 saturated heterocycles. The van der Waals surface area contributed by atoms with Crippen LogP contribution in [-0.4, -0.2) is 40.4 Å². The summed E-state index contributed by atoms with van der Waals surface area (Å²) < 4.78 is 5.11. The fraction of sp³-hybridized carbons (Fsp3) is 0.667. The van der Waals surface area contributed by atoms with E-state index in [2.05, 4.69) is 20.8 Å². The van der Waals surface area contributed by atoms with Gasteiger partial charge in [0.2, 0.25) is 5.91 Å². The summed E-state index contributed by atoms with van der Waals surface area (Å²) in [5, 5.41) is 12.6. The lowest BCUT2D eigenvalue weighted by Gasteiger charge is -2.23. The average Bonchev–Trinajstić information content (AvgIpc) is 2.83. The maximum Gasteiger partial charge on any atom is 0.407 e. The Morgan fingerprint density at radius 2 is 2.23 bits per heavy atom. The number of rotatable bonds is 4. The van der Waals surface area contributed by atoms with E-state index in [1.807, 2.05) is 6.20 Å². The Kier molecular flexibility index (Phi) is 5.05. The lowest BCUT2D eigenvalue weighted by atomic mass is 9.94. The molecule has 1 aliphatic carbocycles. The zero-order valence-corrected chi connectivity index (χ0v) is 13.4. The second kappa shape index (κ2) is 6.81. The van der Waals surface area contributed by atoms with Crippen LogP contribution < -0.4 is 10.6 Å². The number of hydrogen-bond donors (Lipinski definition) is 3. The third-order valence-electron chi connectivity index (χ3n) is 3.41. The summed E-state index contributed by atoms with van der Waals surface area (Å²) in [7, 11) is 0. The van der Waals surface area contributed by atoms with Crippen molar-refractivity contribution in [2.45, 2.75) is 58.1 Å². The smallest absolute Gasteiger partial charge is 0.407 e. The number of H-pyrrole nitrogens is 1. The standard InChI is InChI=1S/C15H24N4O3/c1-15(2,3)22-14(21)16-7-6-13(20)18-11-5-4-10-9-17-19-12(10)8-11/h9,11H,4-8H2,1-3H3,(H,16,21)(H,17,19)(H,18,20). The van der Waals surface area contributed by atoms with Crippen molar-refractivity contribution in [3.05, 3.63) is 17.5 Å². The molecule has 1 aromatic rings. The quantitative estimate of drug-likeness (QED) is 0.781. The molecule has 122 valence electrons. The van der Waals surface area contributed by atoms with Gasteiger partial charge in [-0.25, -0.2) is 4.79 Å². The Balaban J connectivity index is 1.66. The number of aromatic nitrogens is 2. The molecule has 0 aliphatic heterocycles. The lowest BCUT2D eigenvalue weighted by molar-refractivity contribution is -0.121. The number of nitrogens with one attached hydrogen (secondary N) is 3. The number of fused-ring (bicyclic) bond motifs is 1. The van der Waals surface area contributed by atoms with Gasteiger partial charge in [0.1, 0.15) is 5.60 Å². The number of amides is 2. The van der Waals surface area contributed by atoms with Gasteiger partial charge in [-0.05, 0) is 39.2 Å². The second-order valence-electron chi connectivity index (χ2n) is 6.56. The molecule has 1 atom stereocenters. The third-order valence-corrected chi connectivity index (χ3v) is 3.41. The molecular weight excluding hydrogens is 284 g/mol. The molecule has 1 aromatic heterocycles. The number of carbonyl (C=O) groups excluding carboxylic acids is 2. The monoisotopic (exact) mass is 308 g/mol. The van der Waals surface area contributed by atoms with Gasteiger partial charge < -0.3 is 15.4 Å². The van der Waals surface area contributed by atoms with E-state index in [0.29, 0.717) is 0 Å². The molecule has 2 amide bonds. The van der Waals surface area contributed by atoms with Crippen LogP contribution in [0.15, 0.2) is 6.20 Å². The van der Waals surface area contributed by atoms with E-state index in [0.717, 1.165) is 25.0 Å². The molecule has 0 fully saturated rings. The first-order valence-electron chi connectivity index (χ1n) is 7.61. The van der Waals surface area contributed by atoms with E-state index >= 15 is 0 Å². The highest BCUT2D eigenvalue weighted by atomic mass is 16.6. The highest BCUT2D eigenvalue weighted by Crippen LogP contribution is 2.18. The van der Waals surface area contributed by atoms with Crippen LogP contribution in [0.1, 0.15) is 44.9 Å². The van der Waals surface area contributed by atoms with Gasteiger partial charge in [-0.15, -0.1) is 0 Å². The van der Waals surface area contributed by atoms with Crippen LogP contribution in [0.25, 0.3) is 0 Å². The van der Waals surface area contributed by atoms with Gasteiger partial charge >= 0.3 is 6.09 Å². The van der Waals surface area contributed by atoms with Crippen LogP contribution in [0.2, 0.25) is 0 Å². The van der Waals surface area contributed by atoms with Crippen molar-refractivity contribution >= 4 is 12.0 Å². The van der Waals surface area contributed by atoms with E-state index in [-0.39, 0.29) is 24.9 Å². The summed E-state index contributed by atoms with van der Waals surface area (Å²) in [4.78, 5) is 23.4. The van der Waals surface area contributed by atoms with Gasteiger partial charge in [0.05, 0.1) is 6.20 Å². The fourth-order valence-corrected chi connectivity index (χ4v) is 2.42. The van der Waals surface area contributed by atoms with Crippen molar-refractivity contribution in [3.8, 4) is 0 Å². The van der Waals surface area contributed by atoms with Gasteiger partial charge in [0.25, 0.3) is 0 Å². The average molecular weight is 308 g/mol. The predicted octanol–water partition coefficient (Wildman–Crippen LogP) is 1.30. The minimum atomic E-state index is -0.532. The molecule has 3 N–H and O–H groups in total. The molecule has 7 nitrogen and oxygen atoms in total. The van der Waals surface area contributed by atoms with Crippen molar-refractivity contribution in [3.63, 3.8) is 0 Å². The first kappa shape index (κ1) is 16.3. The summed E-state index contributed by atoms with van der Waals surface area (Å²) in [5.41, 5.74) is 1.80. The SMILES string of the molecule is CC(C)(C)OC(=O)NCCC(=O)NC1CCc2cn[nH]c2C1. The zero-order valence-electron chi connectivity index (χ0n) is 13.4. The Labute approximate surface area is 130 Å². The summed E-state index contributed by atoms with van der Waals surface area (Å²) in [5.74, 6) is -0.0657. The number of aromatic amines is 1. The van der Waals surface area contributed by atoms with E-state index in [1.165, 1.54) is 5.56 Å². The van der Waals surface area contributed by atoms with Crippen LogP contribution in [-0.2, 0) is 22.4 Å². The van der Waals surface area contributed by atoms with Crippen LogP contribution in [0.5, 0.6) is 0 Å². The molecule has 0 saturated carbocycles. The molecule has 0 bridgehead atoms. The van der Waals surface area contributed by atoms with E-state index in [1.54, 1.807) is 20.8 Å². The Morgan fingerprint density at radius 3 is 2.95 bits per heavy atom. The Hall–Kier alpha value is -2.05. The molecule has 2 rings (SSSR count). The van der Waals surface area contributed by atoms with Crippen LogP contribution >= 0.6 is 0 Å². The molecule has 22 heavy (non-hydrogen) atoms. The van der Waals surface area contributed by atoms with Gasteiger partial charge in [-0.2, -0.15) is 5.10 Å². The lowest BCUT2D eigenvalue weighted by Crippen LogP contribution is -2.40. The third kappa shape index (κ3) is 5.05.